The molecule has 2 heteroatoms. The molecule has 0 amide bonds. The number of unbranched alkanes of at least 4 members (excludes halogenated alkanes) is 3. The number of hydrogen-bond donors (Lipinski definition) is 0. The summed E-state index contributed by atoms with van der Waals surface area (Å²) in [5, 5.41) is 0. The fourth-order valence-electron chi connectivity index (χ4n) is 4.12. The molecule has 0 unspecified atom stereocenters. The summed E-state index contributed by atoms with van der Waals surface area (Å²) in [7, 11) is 0. The summed E-state index contributed by atoms with van der Waals surface area (Å²) < 4.78 is 7.72. The van der Waals surface area contributed by atoms with Crippen molar-refractivity contribution < 1.29 is 0 Å². The zero-order valence-electron chi connectivity index (χ0n) is 17.0. The van der Waals surface area contributed by atoms with E-state index in [2.05, 4.69) is 61.7 Å². The van der Waals surface area contributed by atoms with Crippen LogP contribution in [0, 0.1) is 6.92 Å². The summed E-state index contributed by atoms with van der Waals surface area (Å²) in [6.07, 6.45) is 9.78. The number of benzene rings is 1. The average molecular weight is 465 g/mol. The predicted molar refractivity (Wildman–Crippen MR) is 119 cm³/mol. The number of thioether (sulfide) groups is 1. The molecule has 0 bridgehead atoms. The summed E-state index contributed by atoms with van der Waals surface area (Å²) in [5.41, 5.74) is 4.74. The van der Waals surface area contributed by atoms with Gasteiger partial charge in [0.05, 0.1) is 0 Å². The Labute approximate surface area is 165 Å². The van der Waals surface area contributed by atoms with Gasteiger partial charge in [-0.15, -0.1) is 0 Å². The van der Waals surface area contributed by atoms with E-state index < -0.39 is 18.4 Å². The first-order chi connectivity index (χ1) is 12.1. The van der Waals surface area contributed by atoms with E-state index in [1.54, 1.807) is 24.4 Å². The van der Waals surface area contributed by atoms with E-state index in [1.807, 2.05) is 0 Å². The molecule has 0 radical (unpaired) electrons. The van der Waals surface area contributed by atoms with Gasteiger partial charge in [-0.1, -0.05) is 0 Å². The molecule has 1 aromatic carbocycles. The second kappa shape index (κ2) is 11.1. The van der Waals surface area contributed by atoms with E-state index in [9.17, 15) is 0 Å². The van der Waals surface area contributed by atoms with Gasteiger partial charge in [-0.25, -0.2) is 0 Å². The van der Waals surface area contributed by atoms with Crippen LogP contribution in [0.2, 0.25) is 13.3 Å². The molecule has 0 spiro atoms. The normalized spacial score (nSPS) is 16.2. The van der Waals surface area contributed by atoms with E-state index in [0.717, 1.165) is 0 Å². The van der Waals surface area contributed by atoms with E-state index in [4.69, 9.17) is 0 Å². The molecule has 0 nitrogen and oxygen atoms in total. The van der Waals surface area contributed by atoms with Crippen LogP contribution in [0.1, 0.15) is 76.8 Å². The second-order valence-electron chi connectivity index (χ2n) is 7.94. The first-order valence-corrected chi connectivity index (χ1v) is 19.3. The molecule has 1 heterocycles. The van der Waals surface area contributed by atoms with Gasteiger partial charge in [-0.3, -0.25) is 0 Å². The molecule has 1 aliphatic rings. The molecule has 2 rings (SSSR count). The van der Waals surface area contributed by atoms with Crippen molar-refractivity contribution in [1.29, 1.82) is 0 Å². The van der Waals surface area contributed by atoms with Gasteiger partial charge in [0.1, 0.15) is 0 Å². The Morgan fingerprint density at radius 3 is 2.12 bits per heavy atom. The van der Waals surface area contributed by atoms with Crippen molar-refractivity contribution in [3.63, 3.8) is 0 Å². The van der Waals surface area contributed by atoms with Gasteiger partial charge < -0.3 is 0 Å². The van der Waals surface area contributed by atoms with Crippen molar-refractivity contribution in [2.24, 2.45) is 0 Å². The van der Waals surface area contributed by atoms with Gasteiger partial charge in [0.15, 0.2) is 0 Å². The Morgan fingerprint density at radius 2 is 1.56 bits per heavy atom. The molecule has 0 aromatic heterocycles. The van der Waals surface area contributed by atoms with Gasteiger partial charge >= 0.3 is 166 Å². The molecule has 0 saturated heterocycles. The third-order valence-corrected chi connectivity index (χ3v) is 21.0. The molecule has 0 aliphatic carbocycles. The SMILES string of the molecule is CCC[CH2][Sn](/[CH]=C1\CCSc2ccc(C)cc21)([CH2]CCC)[CH2]CCC. The molecule has 0 saturated carbocycles. The van der Waals surface area contributed by atoms with Crippen LogP contribution in [0.5, 0.6) is 0 Å². The first-order valence-electron chi connectivity index (χ1n) is 10.6. The van der Waals surface area contributed by atoms with Crippen molar-refractivity contribution in [2.45, 2.75) is 90.8 Å². The van der Waals surface area contributed by atoms with Crippen LogP contribution < -0.4 is 0 Å². The van der Waals surface area contributed by atoms with Crippen LogP contribution in [-0.4, -0.2) is 24.1 Å². The average Bonchev–Trinajstić information content (AvgIpc) is 2.63. The second-order valence-corrected chi connectivity index (χ2v) is 22.0. The fraction of sp³-hybridized carbons (Fsp3) is 0.652. The maximum atomic E-state index is 2.97. The van der Waals surface area contributed by atoms with Crippen LogP contribution in [0.3, 0.4) is 0 Å². The number of rotatable bonds is 10. The van der Waals surface area contributed by atoms with Crippen LogP contribution >= 0.6 is 11.8 Å². The molecule has 1 aromatic rings. The molecule has 1 aliphatic heterocycles. The standard InChI is InChI=1S/C11H11S.3C4H9.Sn/c1-8-3-4-11-10(7-8)9(2)5-6-12-11;3*1-3-4-2;/h2-4,7H,5-6H2,1H3;3*1,3-4H2,2H3;. The van der Waals surface area contributed by atoms with Gasteiger partial charge in [0.2, 0.25) is 0 Å². The Hall–Kier alpha value is 0.109. The summed E-state index contributed by atoms with van der Waals surface area (Å²) in [6, 6.07) is 7.11. The summed E-state index contributed by atoms with van der Waals surface area (Å²) >= 11 is -0.128. The number of aryl methyl sites for hydroxylation is 1. The third kappa shape index (κ3) is 6.34. The van der Waals surface area contributed by atoms with Crippen molar-refractivity contribution >= 4 is 35.7 Å². The van der Waals surface area contributed by atoms with E-state index in [1.165, 1.54) is 61.2 Å². The van der Waals surface area contributed by atoms with E-state index in [-0.39, 0.29) is 0 Å². The van der Waals surface area contributed by atoms with E-state index in [0.29, 0.717) is 0 Å². The van der Waals surface area contributed by atoms with E-state index >= 15 is 0 Å². The zero-order chi connectivity index (χ0) is 18.1. The zero-order valence-corrected chi connectivity index (χ0v) is 20.7. The molecule has 0 fully saturated rings. The minimum atomic E-state index is -2.19. The quantitative estimate of drug-likeness (QED) is 0.314. The van der Waals surface area contributed by atoms with Gasteiger partial charge in [0.25, 0.3) is 0 Å². The topological polar surface area (TPSA) is 0 Å². The molecule has 140 valence electrons. The number of fused-ring (bicyclic) bond motifs is 1. The Bertz CT molecular complexity index is 539. The Morgan fingerprint density at radius 1 is 0.960 bits per heavy atom. The van der Waals surface area contributed by atoms with Gasteiger partial charge in [0, 0.05) is 0 Å². The summed E-state index contributed by atoms with van der Waals surface area (Å²) in [5.74, 6) is 1.28. The van der Waals surface area contributed by atoms with Crippen LogP contribution in [0.25, 0.3) is 5.57 Å². The summed E-state index contributed by atoms with van der Waals surface area (Å²) in [6.45, 7) is 9.37. The monoisotopic (exact) mass is 466 g/mol. The van der Waals surface area contributed by atoms with Crippen molar-refractivity contribution in [1.82, 2.24) is 0 Å². The molecular weight excluding hydrogens is 427 g/mol. The molecule has 25 heavy (non-hydrogen) atoms. The van der Waals surface area contributed by atoms with Gasteiger partial charge in [-0.2, -0.15) is 0 Å². The summed E-state index contributed by atoms with van der Waals surface area (Å²) in [4.78, 5) is 1.53. The van der Waals surface area contributed by atoms with Crippen molar-refractivity contribution in [3.05, 3.63) is 33.4 Å². The molecule has 0 N–H and O–H groups in total. The first kappa shape index (κ1) is 21.4. The number of hydrogen-bond acceptors (Lipinski definition) is 1. The van der Waals surface area contributed by atoms with Crippen LogP contribution in [0.4, 0.5) is 0 Å². The fourth-order valence-corrected chi connectivity index (χ4v) is 20.6. The molecule has 0 atom stereocenters. The maximum absolute atomic E-state index is 2.97. The molecular formula is C23H38SSn. The minimum absolute atomic E-state index is 1.28. The van der Waals surface area contributed by atoms with Gasteiger partial charge in [-0.05, 0) is 0 Å². The predicted octanol–water partition coefficient (Wildman–Crippen LogP) is 8.26. The van der Waals surface area contributed by atoms with Crippen LogP contribution in [-0.2, 0) is 0 Å². The Balaban J connectivity index is 2.39. The number of allylic oxidation sites excluding steroid dienone is 1. The van der Waals surface area contributed by atoms with Crippen molar-refractivity contribution in [3.8, 4) is 0 Å². The third-order valence-electron chi connectivity index (χ3n) is 5.68. The van der Waals surface area contributed by atoms with Crippen molar-refractivity contribution in [2.75, 3.05) is 5.75 Å². The Kier molecular flexibility index (Phi) is 9.48. The van der Waals surface area contributed by atoms with Crippen LogP contribution in [0.15, 0.2) is 27.2 Å².